The number of oxime groups is 1. The highest BCUT2D eigenvalue weighted by Gasteiger charge is 2.31. The Bertz CT molecular complexity index is 195. The second kappa shape index (κ2) is 4.21. The highest BCUT2D eigenvalue weighted by Crippen LogP contribution is 2.32. The van der Waals surface area contributed by atoms with Crippen LogP contribution in [0.4, 0.5) is 13.2 Å². The Morgan fingerprint density at radius 3 is 2.00 bits per heavy atom. The number of nitrogens with zero attached hydrogens (tertiary/aromatic N) is 1. The summed E-state index contributed by atoms with van der Waals surface area (Å²) in [6.07, 6.45) is 0. The maximum atomic E-state index is 11.8. The van der Waals surface area contributed by atoms with E-state index in [1.54, 1.807) is 20.8 Å². The van der Waals surface area contributed by atoms with Gasteiger partial charge in [0.15, 0.2) is 0 Å². The number of hydrogen-bond donors (Lipinski definition) is 1. The Morgan fingerprint density at radius 2 is 1.77 bits per heavy atom. The Hall–Kier alpha value is -0.390. The van der Waals surface area contributed by atoms with Gasteiger partial charge in [0.1, 0.15) is 0 Å². The van der Waals surface area contributed by atoms with E-state index in [-0.39, 0.29) is 23.2 Å². The molecule has 0 aromatic heterocycles. The molecule has 0 unspecified atom stereocenters. The number of alkyl halides is 3. The van der Waals surface area contributed by atoms with Crippen LogP contribution in [0.15, 0.2) is 5.16 Å². The van der Waals surface area contributed by atoms with Crippen LogP contribution in [0, 0.1) is 5.41 Å². The van der Waals surface area contributed by atoms with Crippen molar-refractivity contribution in [3.8, 4) is 0 Å². The van der Waals surface area contributed by atoms with Crippen LogP contribution < -0.4 is 0 Å². The number of rotatable bonds is 2. The van der Waals surface area contributed by atoms with E-state index in [0.717, 1.165) is 0 Å². The van der Waals surface area contributed by atoms with Crippen LogP contribution in [0.2, 0.25) is 0 Å². The highest BCUT2D eigenvalue weighted by molar-refractivity contribution is 8.00. The van der Waals surface area contributed by atoms with Gasteiger partial charge in [0.05, 0.1) is 5.71 Å². The predicted octanol–water partition coefficient (Wildman–Crippen LogP) is 3.12. The number of halogens is 3. The van der Waals surface area contributed by atoms with Gasteiger partial charge in [-0.2, -0.15) is 13.2 Å². The Kier molecular flexibility index (Phi) is 4.09. The molecule has 13 heavy (non-hydrogen) atoms. The molecule has 0 amide bonds. The summed E-state index contributed by atoms with van der Waals surface area (Å²) < 4.78 is 35.3. The molecular formula is C7H12F3NOS. The molecule has 1 N–H and O–H groups in total. The Morgan fingerprint density at radius 1 is 1.31 bits per heavy atom. The highest BCUT2D eigenvalue weighted by atomic mass is 32.2. The Balaban J connectivity index is 4.20. The SMILES string of the molecule is CC(C)(C)/C(CSC(F)(F)F)=N\O. The fourth-order valence-corrected chi connectivity index (χ4v) is 1.34. The molecule has 0 aliphatic heterocycles. The van der Waals surface area contributed by atoms with E-state index in [4.69, 9.17) is 5.21 Å². The zero-order valence-corrected chi connectivity index (χ0v) is 8.46. The van der Waals surface area contributed by atoms with Crippen LogP contribution in [-0.4, -0.2) is 22.2 Å². The van der Waals surface area contributed by atoms with Gasteiger partial charge in [-0.1, -0.05) is 25.9 Å². The first-order valence-electron chi connectivity index (χ1n) is 3.59. The van der Waals surface area contributed by atoms with Crippen molar-refractivity contribution in [2.75, 3.05) is 5.75 Å². The third-order valence-corrected chi connectivity index (χ3v) is 2.10. The topological polar surface area (TPSA) is 32.6 Å². The zero-order chi connectivity index (χ0) is 10.7. The quantitative estimate of drug-likeness (QED) is 0.436. The van der Waals surface area contributed by atoms with Crippen LogP contribution in [0.1, 0.15) is 20.8 Å². The number of hydrogen-bond acceptors (Lipinski definition) is 3. The van der Waals surface area contributed by atoms with Crippen molar-refractivity contribution in [2.45, 2.75) is 26.3 Å². The zero-order valence-electron chi connectivity index (χ0n) is 7.64. The minimum Gasteiger partial charge on any atom is -0.411 e. The van der Waals surface area contributed by atoms with E-state index in [9.17, 15) is 13.2 Å². The molecule has 0 aliphatic rings. The lowest BCUT2D eigenvalue weighted by Gasteiger charge is -2.19. The summed E-state index contributed by atoms with van der Waals surface area (Å²) >= 11 is -0.198. The fraction of sp³-hybridized carbons (Fsp3) is 0.857. The van der Waals surface area contributed by atoms with Crippen molar-refractivity contribution in [3.63, 3.8) is 0 Å². The molecule has 78 valence electrons. The standard InChI is InChI=1S/C7H12F3NOS/c1-6(2,3)5(11-12)4-13-7(8,9)10/h12H,4H2,1-3H3/b11-5-. The smallest absolute Gasteiger partial charge is 0.411 e. The van der Waals surface area contributed by atoms with Crippen LogP contribution in [0.3, 0.4) is 0 Å². The van der Waals surface area contributed by atoms with Crippen molar-refractivity contribution < 1.29 is 18.4 Å². The molecule has 0 radical (unpaired) electrons. The van der Waals surface area contributed by atoms with Gasteiger partial charge in [-0.05, 0) is 11.8 Å². The fourth-order valence-electron chi connectivity index (χ4n) is 0.546. The molecular weight excluding hydrogens is 203 g/mol. The molecule has 0 spiro atoms. The molecule has 0 bridgehead atoms. The Labute approximate surface area is 79.2 Å². The average Bonchev–Trinajstić information content (AvgIpc) is 1.82. The van der Waals surface area contributed by atoms with E-state index in [1.165, 1.54) is 0 Å². The first-order valence-corrected chi connectivity index (χ1v) is 4.57. The molecule has 0 saturated carbocycles. The molecule has 0 aliphatic carbocycles. The third-order valence-electron chi connectivity index (χ3n) is 1.36. The molecule has 0 atom stereocenters. The van der Waals surface area contributed by atoms with Gasteiger partial charge in [-0.25, -0.2) is 0 Å². The van der Waals surface area contributed by atoms with E-state index in [1.807, 2.05) is 0 Å². The minimum absolute atomic E-state index is 0.134. The lowest BCUT2D eigenvalue weighted by atomic mass is 9.91. The summed E-state index contributed by atoms with van der Waals surface area (Å²) in [5, 5.41) is 11.3. The van der Waals surface area contributed by atoms with Crippen molar-refractivity contribution >= 4 is 17.5 Å². The van der Waals surface area contributed by atoms with Crippen LogP contribution in [0.25, 0.3) is 0 Å². The first kappa shape index (κ1) is 12.6. The van der Waals surface area contributed by atoms with E-state index < -0.39 is 10.9 Å². The molecule has 2 nitrogen and oxygen atoms in total. The molecule has 0 aromatic carbocycles. The summed E-state index contributed by atoms with van der Waals surface area (Å²) in [7, 11) is 0. The van der Waals surface area contributed by atoms with Crippen LogP contribution in [0.5, 0.6) is 0 Å². The summed E-state index contributed by atoms with van der Waals surface area (Å²) in [4.78, 5) is 0. The molecule has 0 heterocycles. The van der Waals surface area contributed by atoms with Crippen molar-refractivity contribution in [3.05, 3.63) is 0 Å². The van der Waals surface area contributed by atoms with E-state index >= 15 is 0 Å². The second-order valence-electron chi connectivity index (χ2n) is 3.53. The van der Waals surface area contributed by atoms with Gasteiger partial charge in [-0.3, -0.25) is 0 Å². The maximum absolute atomic E-state index is 11.8. The lowest BCUT2D eigenvalue weighted by molar-refractivity contribution is -0.0325. The first-order chi connectivity index (χ1) is 5.67. The maximum Gasteiger partial charge on any atom is 0.442 e. The van der Waals surface area contributed by atoms with Crippen molar-refractivity contribution in [1.29, 1.82) is 0 Å². The van der Waals surface area contributed by atoms with Crippen LogP contribution in [-0.2, 0) is 0 Å². The van der Waals surface area contributed by atoms with Crippen molar-refractivity contribution in [2.24, 2.45) is 10.6 Å². The summed E-state index contributed by atoms with van der Waals surface area (Å²) in [5.74, 6) is -0.330. The van der Waals surface area contributed by atoms with Gasteiger partial charge in [0.25, 0.3) is 0 Å². The van der Waals surface area contributed by atoms with E-state index in [2.05, 4.69) is 5.16 Å². The van der Waals surface area contributed by atoms with Gasteiger partial charge in [-0.15, -0.1) is 0 Å². The summed E-state index contributed by atoms with van der Waals surface area (Å²) in [6.45, 7) is 5.08. The number of thioether (sulfide) groups is 1. The molecule has 0 fully saturated rings. The van der Waals surface area contributed by atoms with Gasteiger partial charge in [0, 0.05) is 11.2 Å². The lowest BCUT2D eigenvalue weighted by Crippen LogP contribution is -2.24. The van der Waals surface area contributed by atoms with Gasteiger partial charge >= 0.3 is 5.51 Å². The molecule has 6 heteroatoms. The van der Waals surface area contributed by atoms with Gasteiger partial charge in [0.2, 0.25) is 0 Å². The predicted molar refractivity (Wildman–Crippen MR) is 47.2 cm³/mol. The molecule has 0 rings (SSSR count). The minimum atomic E-state index is -4.28. The third kappa shape index (κ3) is 5.79. The van der Waals surface area contributed by atoms with E-state index in [0.29, 0.717) is 0 Å². The average molecular weight is 215 g/mol. The molecule has 0 aromatic rings. The van der Waals surface area contributed by atoms with Crippen molar-refractivity contribution in [1.82, 2.24) is 0 Å². The van der Waals surface area contributed by atoms with Crippen LogP contribution >= 0.6 is 11.8 Å². The normalized spacial score (nSPS) is 14.8. The summed E-state index contributed by atoms with van der Waals surface area (Å²) in [6, 6.07) is 0. The van der Waals surface area contributed by atoms with Gasteiger partial charge < -0.3 is 5.21 Å². The second-order valence-corrected chi connectivity index (χ2v) is 4.57. The molecule has 0 saturated heterocycles. The largest absolute Gasteiger partial charge is 0.442 e. The monoisotopic (exact) mass is 215 g/mol. The summed E-state index contributed by atoms with van der Waals surface area (Å²) in [5.41, 5.74) is -4.68.